The molecule has 0 aliphatic carbocycles. The second kappa shape index (κ2) is 4.16. The molecule has 88 valence electrons. The molecule has 16 heavy (non-hydrogen) atoms. The molecule has 4 nitrogen and oxygen atoms in total. The SMILES string of the molecule is C[Si](C)(C)Oc1c([N+](=O)[O-])ccc(F)c1F. The van der Waals surface area contributed by atoms with Crippen LogP contribution in [0.4, 0.5) is 14.5 Å². The number of hydrogen-bond acceptors (Lipinski definition) is 3. The van der Waals surface area contributed by atoms with Crippen molar-refractivity contribution in [1.29, 1.82) is 0 Å². The average Bonchev–Trinajstić information content (AvgIpc) is 2.10. The van der Waals surface area contributed by atoms with Crippen LogP contribution in [0.25, 0.3) is 0 Å². The van der Waals surface area contributed by atoms with E-state index in [4.69, 9.17) is 4.43 Å². The van der Waals surface area contributed by atoms with E-state index in [1.54, 1.807) is 19.6 Å². The molecule has 0 unspecified atom stereocenters. The number of nitro benzene ring substituents is 1. The van der Waals surface area contributed by atoms with Gasteiger partial charge in [0.1, 0.15) is 0 Å². The van der Waals surface area contributed by atoms with E-state index in [9.17, 15) is 18.9 Å². The third kappa shape index (κ3) is 2.75. The van der Waals surface area contributed by atoms with Crippen molar-refractivity contribution in [3.63, 3.8) is 0 Å². The van der Waals surface area contributed by atoms with Crippen molar-refractivity contribution in [2.24, 2.45) is 0 Å². The molecule has 0 N–H and O–H groups in total. The molecule has 1 aromatic rings. The summed E-state index contributed by atoms with van der Waals surface area (Å²) in [7, 11) is -2.24. The van der Waals surface area contributed by atoms with Gasteiger partial charge in [0, 0.05) is 6.07 Å². The van der Waals surface area contributed by atoms with E-state index in [1.807, 2.05) is 0 Å². The average molecular weight is 247 g/mol. The lowest BCUT2D eigenvalue weighted by atomic mass is 10.3. The van der Waals surface area contributed by atoms with Gasteiger partial charge in [0.05, 0.1) is 4.92 Å². The van der Waals surface area contributed by atoms with Crippen LogP contribution in [0.2, 0.25) is 19.6 Å². The molecule has 0 heterocycles. The van der Waals surface area contributed by atoms with Crippen LogP contribution in [-0.4, -0.2) is 13.2 Å². The number of halogens is 2. The Balaban J connectivity index is 3.32. The Labute approximate surface area is 92.1 Å². The van der Waals surface area contributed by atoms with Gasteiger partial charge in [-0.15, -0.1) is 0 Å². The zero-order valence-corrected chi connectivity index (χ0v) is 10.1. The Morgan fingerprint density at radius 2 is 1.88 bits per heavy atom. The fourth-order valence-electron chi connectivity index (χ4n) is 1.07. The second-order valence-corrected chi connectivity index (χ2v) is 8.61. The summed E-state index contributed by atoms with van der Waals surface area (Å²) in [4.78, 5) is 9.83. The molecule has 7 heteroatoms. The number of rotatable bonds is 3. The lowest BCUT2D eigenvalue weighted by molar-refractivity contribution is -0.385. The number of nitro groups is 1. The molecule has 0 aliphatic heterocycles. The van der Waals surface area contributed by atoms with Crippen molar-refractivity contribution >= 4 is 14.0 Å². The van der Waals surface area contributed by atoms with Crippen LogP contribution in [0.15, 0.2) is 12.1 Å². The zero-order valence-electron chi connectivity index (χ0n) is 9.08. The van der Waals surface area contributed by atoms with Gasteiger partial charge in [0.15, 0.2) is 5.82 Å². The van der Waals surface area contributed by atoms with E-state index in [0.29, 0.717) is 6.07 Å². The van der Waals surface area contributed by atoms with Crippen LogP contribution in [0.1, 0.15) is 0 Å². The highest BCUT2D eigenvalue weighted by atomic mass is 28.4. The summed E-state index contributed by atoms with van der Waals surface area (Å²) in [5.74, 6) is -3.07. The van der Waals surface area contributed by atoms with Crippen LogP contribution in [0, 0.1) is 21.7 Å². The van der Waals surface area contributed by atoms with Crippen LogP contribution in [0.3, 0.4) is 0 Å². The highest BCUT2D eigenvalue weighted by Crippen LogP contribution is 2.33. The minimum Gasteiger partial charge on any atom is -0.538 e. The molecule has 0 bridgehead atoms. The van der Waals surface area contributed by atoms with Crippen molar-refractivity contribution in [2.45, 2.75) is 19.6 Å². The van der Waals surface area contributed by atoms with Gasteiger partial charge >= 0.3 is 5.69 Å². The van der Waals surface area contributed by atoms with Gasteiger partial charge in [0.25, 0.3) is 0 Å². The summed E-state index contributed by atoms with van der Waals surface area (Å²) in [6.45, 7) is 5.17. The Hall–Kier alpha value is -1.50. The van der Waals surface area contributed by atoms with E-state index in [0.717, 1.165) is 6.07 Å². The predicted molar refractivity (Wildman–Crippen MR) is 57.0 cm³/mol. The molecule has 0 aromatic heterocycles. The molecule has 0 saturated carbocycles. The fourth-order valence-corrected chi connectivity index (χ4v) is 1.88. The monoisotopic (exact) mass is 247 g/mol. The van der Waals surface area contributed by atoms with Crippen molar-refractivity contribution in [1.82, 2.24) is 0 Å². The maximum absolute atomic E-state index is 13.4. The number of benzene rings is 1. The van der Waals surface area contributed by atoms with Gasteiger partial charge in [-0.3, -0.25) is 10.1 Å². The van der Waals surface area contributed by atoms with Gasteiger partial charge in [0.2, 0.25) is 19.9 Å². The van der Waals surface area contributed by atoms with Crippen molar-refractivity contribution in [3.05, 3.63) is 33.9 Å². The lowest BCUT2D eigenvalue weighted by Gasteiger charge is -2.19. The van der Waals surface area contributed by atoms with E-state index in [2.05, 4.69) is 0 Å². The predicted octanol–water partition coefficient (Wildman–Crippen LogP) is 3.09. The quantitative estimate of drug-likeness (QED) is 0.468. The van der Waals surface area contributed by atoms with Gasteiger partial charge in [-0.25, -0.2) is 4.39 Å². The minimum absolute atomic E-state index is 0.554. The van der Waals surface area contributed by atoms with Crippen LogP contribution in [-0.2, 0) is 0 Å². The first-order valence-corrected chi connectivity index (χ1v) is 7.94. The summed E-state index contributed by atoms with van der Waals surface area (Å²) in [6.07, 6.45) is 0. The van der Waals surface area contributed by atoms with E-state index in [-0.39, 0.29) is 0 Å². The van der Waals surface area contributed by atoms with Crippen molar-refractivity contribution in [3.8, 4) is 5.75 Å². The van der Waals surface area contributed by atoms with E-state index in [1.165, 1.54) is 0 Å². The summed E-state index contributed by atoms with van der Waals surface area (Å²) >= 11 is 0. The Morgan fingerprint density at radius 3 is 2.31 bits per heavy atom. The van der Waals surface area contributed by atoms with Crippen LogP contribution < -0.4 is 4.43 Å². The Kier molecular flexibility index (Phi) is 3.27. The molecule has 0 radical (unpaired) electrons. The van der Waals surface area contributed by atoms with Crippen molar-refractivity contribution in [2.75, 3.05) is 0 Å². The number of nitrogens with zero attached hydrogens (tertiary/aromatic N) is 1. The van der Waals surface area contributed by atoms with Gasteiger partial charge in [-0.1, -0.05) is 0 Å². The highest BCUT2D eigenvalue weighted by Gasteiger charge is 2.28. The third-order valence-electron chi connectivity index (χ3n) is 1.63. The molecule has 0 aliphatic rings. The van der Waals surface area contributed by atoms with Crippen molar-refractivity contribution < 1.29 is 18.1 Å². The third-order valence-corrected chi connectivity index (χ3v) is 2.45. The summed E-state index contributed by atoms with van der Waals surface area (Å²) in [5.41, 5.74) is -0.554. The maximum Gasteiger partial charge on any atom is 0.312 e. The van der Waals surface area contributed by atoms with Crippen LogP contribution >= 0.6 is 0 Å². The highest BCUT2D eigenvalue weighted by molar-refractivity contribution is 6.70. The van der Waals surface area contributed by atoms with E-state index >= 15 is 0 Å². The molecular formula is C9H11F2NO3Si. The first-order chi connectivity index (χ1) is 7.22. The van der Waals surface area contributed by atoms with Gasteiger partial charge in [-0.05, 0) is 25.7 Å². The molecule has 0 spiro atoms. The molecular weight excluding hydrogens is 236 g/mol. The normalized spacial score (nSPS) is 11.3. The van der Waals surface area contributed by atoms with Gasteiger partial charge < -0.3 is 4.43 Å². The van der Waals surface area contributed by atoms with E-state index < -0.39 is 36.3 Å². The zero-order chi connectivity index (χ0) is 12.5. The molecule has 1 aromatic carbocycles. The second-order valence-electron chi connectivity index (χ2n) is 4.18. The molecule has 0 fully saturated rings. The molecule has 1 rings (SSSR count). The first-order valence-electron chi connectivity index (χ1n) is 4.54. The topological polar surface area (TPSA) is 52.4 Å². The van der Waals surface area contributed by atoms with Crippen LogP contribution in [0.5, 0.6) is 5.75 Å². The standard InChI is InChI=1S/C9H11F2NO3Si/c1-16(2,3)15-9-7(12(13)14)5-4-6(10)8(9)11/h4-5H,1-3H3. The fraction of sp³-hybridized carbons (Fsp3) is 0.333. The Bertz CT molecular complexity index is 431. The lowest BCUT2D eigenvalue weighted by Crippen LogP contribution is -2.30. The summed E-state index contributed by atoms with van der Waals surface area (Å²) in [6, 6.07) is 1.61. The smallest absolute Gasteiger partial charge is 0.312 e. The minimum atomic E-state index is -2.24. The Morgan fingerprint density at radius 1 is 1.31 bits per heavy atom. The summed E-state index contributed by atoms with van der Waals surface area (Å²) in [5, 5.41) is 10.6. The summed E-state index contributed by atoms with van der Waals surface area (Å²) < 4.78 is 31.5. The molecule has 0 atom stereocenters. The molecule has 0 amide bonds. The maximum atomic E-state index is 13.4. The largest absolute Gasteiger partial charge is 0.538 e. The van der Waals surface area contributed by atoms with Gasteiger partial charge in [-0.2, -0.15) is 4.39 Å². The number of hydrogen-bond donors (Lipinski definition) is 0. The molecule has 0 saturated heterocycles. The first kappa shape index (κ1) is 12.6.